The Morgan fingerprint density at radius 2 is 2.31 bits per heavy atom. The Balaban J connectivity index is 2.20. The second kappa shape index (κ2) is 5.46. The van der Waals surface area contributed by atoms with E-state index in [0.717, 1.165) is 17.6 Å². The smallest absolute Gasteiger partial charge is 0.0592 e. The third-order valence-corrected chi connectivity index (χ3v) is 3.87. The highest BCUT2D eigenvalue weighted by Crippen LogP contribution is 2.26. The molecule has 0 bridgehead atoms. The summed E-state index contributed by atoms with van der Waals surface area (Å²) in [6.45, 7) is 4.11. The van der Waals surface area contributed by atoms with Gasteiger partial charge in [0.2, 0.25) is 0 Å². The van der Waals surface area contributed by atoms with E-state index < -0.39 is 0 Å². The first-order chi connectivity index (χ1) is 7.81. The largest absolute Gasteiger partial charge is 0.366 e. The Morgan fingerprint density at radius 1 is 1.44 bits per heavy atom. The van der Waals surface area contributed by atoms with Gasteiger partial charge in [-0.05, 0) is 40.4 Å². The van der Waals surface area contributed by atoms with Crippen LogP contribution in [0.5, 0.6) is 0 Å². The van der Waals surface area contributed by atoms with Gasteiger partial charge in [0.1, 0.15) is 0 Å². The van der Waals surface area contributed by atoms with Gasteiger partial charge in [-0.15, -0.1) is 11.3 Å². The molecule has 0 unspecified atom stereocenters. The SMILES string of the molecule is CCN(Cc1cccs1)c1ccncc1Br. The molecule has 0 amide bonds. The molecule has 16 heavy (non-hydrogen) atoms. The van der Waals surface area contributed by atoms with Gasteiger partial charge < -0.3 is 4.90 Å². The van der Waals surface area contributed by atoms with Crippen molar-refractivity contribution in [3.05, 3.63) is 45.3 Å². The summed E-state index contributed by atoms with van der Waals surface area (Å²) in [5, 5.41) is 2.12. The van der Waals surface area contributed by atoms with Crippen LogP contribution >= 0.6 is 27.3 Å². The Morgan fingerprint density at radius 3 is 2.94 bits per heavy atom. The van der Waals surface area contributed by atoms with Gasteiger partial charge in [0.05, 0.1) is 16.7 Å². The highest BCUT2D eigenvalue weighted by Gasteiger charge is 2.08. The third-order valence-electron chi connectivity index (χ3n) is 2.40. The summed E-state index contributed by atoms with van der Waals surface area (Å²) in [4.78, 5) is 7.80. The maximum absolute atomic E-state index is 4.09. The van der Waals surface area contributed by atoms with Crippen LogP contribution in [0.2, 0.25) is 0 Å². The Labute approximate surface area is 108 Å². The van der Waals surface area contributed by atoms with Crippen LogP contribution in [0.1, 0.15) is 11.8 Å². The minimum Gasteiger partial charge on any atom is -0.366 e. The van der Waals surface area contributed by atoms with Gasteiger partial charge in [-0.3, -0.25) is 4.98 Å². The molecule has 0 aliphatic rings. The number of rotatable bonds is 4. The molecule has 0 saturated heterocycles. The summed E-state index contributed by atoms with van der Waals surface area (Å²) < 4.78 is 1.05. The van der Waals surface area contributed by atoms with Crippen LogP contribution < -0.4 is 4.90 Å². The molecule has 0 N–H and O–H groups in total. The van der Waals surface area contributed by atoms with Gasteiger partial charge in [0, 0.05) is 23.8 Å². The molecule has 0 aliphatic carbocycles. The molecule has 2 rings (SSSR count). The molecule has 84 valence electrons. The molecule has 0 radical (unpaired) electrons. The lowest BCUT2D eigenvalue weighted by Crippen LogP contribution is -2.21. The number of hydrogen-bond donors (Lipinski definition) is 0. The molecule has 0 spiro atoms. The lowest BCUT2D eigenvalue weighted by molar-refractivity contribution is 0.838. The third kappa shape index (κ3) is 2.62. The zero-order valence-electron chi connectivity index (χ0n) is 9.06. The number of hydrogen-bond acceptors (Lipinski definition) is 3. The highest BCUT2D eigenvalue weighted by atomic mass is 79.9. The quantitative estimate of drug-likeness (QED) is 0.850. The van der Waals surface area contributed by atoms with E-state index in [1.54, 1.807) is 11.3 Å². The van der Waals surface area contributed by atoms with Gasteiger partial charge >= 0.3 is 0 Å². The second-order valence-electron chi connectivity index (χ2n) is 3.42. The zero-order valence-corrected chi connectivity index (χ0v) is 11.5. The maximum atomic E-state index is 4.09. The van der Waals surface area contributed by atoms with Crippen molar-refractivity contribution in [2.24, 2.45) is 0 Å². The van der Waals surface area contributed by atoms with Crippen LogP contribution in [0.25, 0.3) is 0 Å². The van der Waals surface area contributed by atoms with Crippen LogP contribution in [0.4, 0.5) is 5.69 Å². The van der Waals surface area contributed by atoms with E-state index in [9.17, 15) is 0 Å². The van der Waals surface area contributed by atoms with Crippen LogP contribution in [0.3, 0.4) is 0 Å². The molecule has 2 nitrogen and oxygen atoms in total. The summed E-state index contributed by atoms with van der Waals surface area (Å²) in [7, 11) is 0. The number of aromatic nitrogens is 1. The first-order valence-electron chi connectivity index (χ1n) is 5.18. The van der Waals surface area contributed by atoms with Crippen LogP contribution in [-0.2, 0) is 6.54 Å². The first kappa shape index (κ1) is 11.6. The lowest BCUT2D eigenvalue weighted by Gasteiger charge is -2.23. The van der Waals surface area contributed by atoms with Crippen LogP contribution in [0.15, 0.2) is 40.4 Å². The van der Waals surface area contributed by atoms with Gasteiger partial charge in [-0.1, -0.05) is 6.07 Å². The van der Waals surface area contributed by atoms with Gasteiger partial charge in [-0.25, -0.2) is 0 Å². The summed E-state index contributed by atoms with van der Waals surface area (Å²) >= 11 is 5.34. The van der Waals surface area contributed by atoms with Crippen molar-refractivity contribution in [3.8, 4) is 0 Å². The van der Waals surface area contributed by atoms with Crippen molar-refractivity contribution < 1.29 is 0 Å². The minimum absolute atomic E-state index is 0.955. The van der Waals surface area contributed by atoms with Crippen molar-refractivity contribution in [3.63, 3.8) is 0 Å². The normalized spacial score (nSPS) is 10.4. The number of pyridine rings is 1. The monoisotopic (exact) mass is 296 g/mol. The van der Waals surface area contributed by atoms with E-state index in [-0.39, 0.29) is 0 Å². The molecule has 2 aromatic heterocycles. The molecule has 0 saturated carbocycles. The second-order valence-corrected chi connectivity index (χ2v) is 5.31. The Kier molecular flexibility index (Phi) is 3.96. The molecule has 2 aromatic rings. The fourth-order valence-corrected chi connectivity index (χ4v) is 2.80. The van der Waals surface area contributed by atoms with Crippen molar-refractivity contribution in [1.82, 2.24) is 4.98 Å². The standard InChI is InChI=1S/C12H13BrN2S/c1-2-15(9-10-4-3-7-16-10)12-5-6-14-8-11(12)13/h3-8H,2,9H2,1H3. The van der Waals surface area contributed by atoms with Crippen molar-refractivity contribution >= 4 is 33.0 Å². The molecule has 2 heterocycles. The van der Waals surface area contributed by atoms with E-state index in [2.05, 4.69) is 50.3 Å². The average Bonchev–Trinajstić information content (AvgIpc) is 2.80. The van der Waals surface area contributed by atoms with Crippen molar-refractivity contribution in [1.29, 1.82) is 0 Å². The summed E-state index contributed by atoms with van der Waals surface area (Å²) in [5.41, 5.74) is 1.20. The molecular formula is C12H13BrN2S. The maximum Gasteiger partial charge on any atom is 0.0592 e. The summed E-state index contributed by atoms with van der Waals surface area (Å²) in [6, 6.07) is 6.30. The van der Waals surface area contributed by atoms with Crippen molar-refractivity contribution in [2.75, 3.05) is 11.4 Å². The lowest BCUT2D eigenvalue weighted by atomic mass is 10.3. The average molecular weight is 297 g/mol. The van der Waals surface area contributed by atoms with Crippen molar-refractivity contribution in [2.45, 2.75) is 13.5 Å². The number of nitrogens with zero attached hydrogens (tertiary/aromatic N) is 2. The Hall–Kier alpha value is -0.870. The highest BCUT2D eigenvalue weighted by molar-refractivity contribution is 9.10. The molecule has 0 atom stereocenters. The number of thiophene rings is 1. The summed E-state index contributed by atoms with van der Waals surface area (Å²) in [5.74, 6) is 0. The van der Waals surface area contributed by atoms with Gasteiger partial charge in [0.15, 0.2) is 0 Å². The number of anilines is 1. The van der Waals surface area contributed by atoms with E-state index >= 15 is 0 Å². The molecule has 0 aromatic carbocycles. The fourth-order valence-electron chi connectivity index (χ4n) is 1.58. The van der Waals surface area contributed by atoms with E-state index in [0.29, 0.717) is 0 Å². The van der Waals surface area contributed by atoms with E-state index in [1.165, 1.54) is 10.6 Å². The molecular weight excluding hydrogens is 284 g/mol. The fraction of sp³-hybridized carbons (Fsp3) is 0.250. The number of halogens is 1. The zero-order chi connectivity index (χ0) is 11.4. The van der Waals surface area contributed by atoms with E-state index in [1.807, 2.05) is 18.5 Å². The molecule has 4 heteroatoms. The Bertz CT molecular complexity index is 442. The summed E-state index contributed by atoms with van der Waals surface area (Å²) in [6.07, 6.45) is 3.67. The first-order valence-corrected chi connectivity index (χ1v) is 6.85. The topological polar surface area (TPSA) is 16.1 Å². The van der Waals surface area contributed by atoms with Crippen LogP contribution in [0, 0.1) is 0 Å². The minimum atomic E-state index is 0.955. The predicted octanol–water partition coefficient (Wildman–Crippen LogP) is 3.93. The molecule has 0 aliphatic heterocycles. The molecule has 0 fully saturated rings. The van der Waals surface area contributed by atoms with E-state index in [4.69, 9.17) is 0 Å². The van der Waals surface area contributed by atoms with Crippen LogP contribution in [-0.4, -0.2) is 11.5 Å². The van der Waals surface area contributed by atoms with Gasteiger partial charge in [-0.2, -0.15) is 0 Å². The predicted molar refractivity (Wildman–Crippen MR) is 73.0 cm³/mol. The van der Waals surface area contributed by atoms with Gasteiger partial charge in [0.25, 0.3) is 0 Å².